The molecule has 0 saturated carbocycles. The van der Waals surface area contributed by atoms with Crippen molar-refractivity contribution < 1.29 is 14.0 Å². The molecule has 3 rings (SSSR count). The van der Waals surface area contributed by atoms with Crippen molar-refractivity contribution in [2.24, 2.45) is 5.73 Å². The summed E-state index contributed by atoms with van der Waals surface area (Å²) in [7, 11) is 0. The van der Waals surface area contributed by atoms with Crippen molar-refractivity contribution in [1.29, 1.82) is 0 Å². The maximum atomic E-state index is 13.2. The first-order valence-electron chi connectivity index (χ1n) is 7.76. The van der Waals surface area contributed by atoms with Gasteiger partial charge in [0, 0.05) is 31.8 Å². The van der Waals surface area contributed by atoms with Crippen molar-refractivity contribution in [3.8, 4) is 0 Å². The molecule has 0 aliphatic heterocycles. The van der Waals surface area contributed by atoms with Crippen molar-refractivity contribution in [2.75, 3.05) is 6.54 Å². The highest BCUT2D eigenvalue weighted by atomic mass is 35.5. The zero-order valence-electron chi connectivity index (χ0n) is 13.6. The minimum absolute atomic E-state index is 0.0583. The summed E-state index contributed by atoms with van der Waals surface area (Å²) in [5, 5.41) is 6.78. The van der Waals surface area contributed by atoms with Crippen LogP contribution in [0.1, 0.15) is 27.9 Å². The van der Waals surface area contributed by atoms with Crippen LogP contribution in [0.2, 0.25) is 5.02 Å². The molecule has 3 N–H and O–H groups in total. The summed E-state index contributed by atoms with van der Waals surface area (Å²) in [6.07, 6.45) is 5.31. The highest BCUT2D eigenvalue weighted by molar-refractivity contribution is 6.30. The van der Waals surface area contributed by atoms with Gasteiger partial charge in [-0.3, -0.25) is 9.59 Å². The van der Waals surface area contributed by atoms with Gasteiger partial charge in [0.25, 0.3) is 5.91 Å². The Morgan fingerprint density at radius 1 is 1.27 bits per heavy atom. The number of hydrogen-bond donors (Lipinski definition) is 2. The molecule has 0 bridgehead atoms. The fraction of sp³-hybridized carbons (Fsp3) is 0.176. The summed E-state index contributed by atoms with van der Waals surface area (Å²) in [4.78, 5) is 27.1. The normalized spacial score (nSPS) is 10.8. The number of halogens is 2. The number of nitrogens with zero attached hydrogens (tertiary/aromatic N) is 3. The van der Waals surface area contributed by atoms with Crippen LogP contribution in [-0.4, -0.2) is 33.0 Å². The van der Waals surface area contributed by atoms with Crippen LogP contribution in [0.4, 0.5) is 4.39 Å². The Labute approximate surface area is 153 Å². The number of rotatable bonds is 6. The van der Waals surface area contributed by atoms with Gasteiger partial charge in [-0.05, 0) is 23.3 Å². The van der Waals surface area contributed by atoms with E-state index in [1.165, 1.54) is 16.8 Å². The third-order valence-electron chi connectivity index (χ3n) is 3.70. The maximum Gasteiger partial charge on any atom is 0.256 e. The summed E-state index contributed by atoms with van der Waals surface area (Å²) in [6, 6.07) is 4.51. The van der Waals surface area contributed by atoms with E-state index in [9.17, 15) is 14.0 Å². The molecule has 0 saturated heterocycles. The molecular weight excluding hydrogens is 361 g/mol. The number of nitrogens with two attached hydrogens (primary N) is 1. The van der Waals surface area contributed by atoms with Crippen LogP contribution < -0.4 is 11.1 Å². The Balaban J connectivity index is 1.77. The highest BCUT2D eigenvalue weighted by Crippen LogP contribution is 2.18. The van der Waals surface area contributed by atoms with Gasteiger partial charge in [0.05, 0.1) is 11.2 Å². The predicted molar refractivity (Wildman–Crippen MR) is 93.3 cm³/mol. The van der Waals surface area contributed by atoms with Crippen LogP contribution in [-0.2, 0) is 11.2 Å². The first kappa shape index (κ1) is 17.8. The fourth-order valence-electron chi connectivity index (χ4n) is 2.44. The van der Waals surface area contributed by atoms with Gasteiger partial charge in [-0.15, -0.1) is 0 Å². The minimum Gasteiger partial charge on any atom is -0.370 e. The second-order valence-electron chi connectivity index (χ2n) is 5.69. The summed E-state index contributed by atoms with van der Waals surface area (Å²) >= 11 is 5.79. The number of fused-ring (bicyclic) bond motifs is 1. The zero-order valence-corrected chi connectivity index (χ0v) is 14.3. The zero-order chi connectivity index (χ0) is 18.7. The largest absolute Gasteiger partial charge is 0.370 e. The molecule has 7 nitrogen and oxygen atoms in total. The Morgan fingerprint density at radius 2 is 2.08 bits per heavy atom. The molecule has 1 aromatic carbocycles. The van der Waals surface area contributed by atoms with Gasteiger partial charge in [0.2, 0.25) is 5.91 Å². The molecule has 2 aromatic heterocycles. The summed E-state index contributed by atoms with van der Waals surface area (Å²) in [6.45, 7) is 0.148. The second-order valence-corrected chi connectivity index (χ2v) is 6.09. The monoisotopic (exact) mass is 375 g/mol. The van der Waals surface area contributed by atoms with Gasteiger partial charge < -0.3 is 11.1 Å². The Bertz CT molecular complexity index is 988. The van der Waals surface area contributed by atoms with Crippen LogP contribution in [0.15, 0.2) is 36.8 Å². The molecule has 9 heteroatoms. The quantitative estimate of drug-likeness (QED) is 0.684. The summed E-state index contributed by atoms with van der Waals surface area (Å²) in [5.74, 6) is -1.34. The van der Waals surface area contributed by atoms with Gasteiger partial charge in [-0.1, -0.05) is 17.7 Å². The van der Waals surface area contributed by atoms with E-state index >= 15 is 0 Å². The van der Waals surface area contributed by atoms with E-state index in [0.29, 0.717) is 17.6 Å². The number of nitrogens with one attached hydrogen (secondary N) is 1. The number of primary amides is 1. The van der Waals surface area contributed by atoms with Crippen molar-refractivity contribution in [1.82, 2.24) is 19.9 Å². The van der Waals surface area contributed by atoms with E-state index < -0.39 is 11.7 Å². The van der Waals surface area contributed by atoms with Crippen LogP contribution in [0.5, 0.6) is 0 Å². The minimum atomic E-state index is -0.492. The molecule has 3 aromatic rings. The number of benzene rings is 1. The Morgan fingerprint density at radius 3 is 2.81 bits per heavy atom. The third-order valence-corrected chi connectivity index (χ3v) is 3.99. The Hall–Kier alpha value is -3.00. The first-order valence-corrected chi connectivity index (χ1v) is 8.14. The number of amides is 2. The topological polar surface area (TPSA) is 102 Å². The number of aromatic nitrogens is 3. The van der Waals surface area contributed by atoms with E-state index in [1.807, 2.05) is 0 Å². The smallest absolute Gasteiger partial charge is 0.256 e. The number of hydrogen-bond acceptors (Lipinski definition) is 4. The molecule has 0 fully saturated rings. The molecule has 2 amide bonds. The van der Waals surface area contributed by atoms with Gasteiger partial charge in [-0.2, -0.15) is 5.10 Å². The van der Waals surface area contributed by atoms with E-state index in [4.69, 9.17) is 17.3 Å². The molecular formula is C17H15ClFN5O2. The molecule has 0 aliphatic carbocycles. The SMILES string of the molecule is NC(=O)CCNC(=O)c1cnn2cc(Cc3ccc(F)c(Cl)c3)cnc12. The lowest BCUT2D eigenvalue weighted by Crippen LogP contribution is -2.27. The lowest BCUT2D eigenvalue weighted by Gasteiger charge is -2.05. The Kier molecular flexibility index (Phi) is 5.13. The molecule has 0 aliphatic rings. The van der Waals surface area contributed by atoms with Crippen molar-refractivity contribution >= 4 is 29.1 Å². The van der Waals surface area contributed by atoms with Gasteiger partial charge >= 0.3 is 0 Å². The molecule has 0 radical (unpaired) electrons. The molecule has 0 unspecified atom stereocenters. The number of carbonyl (C=O) groups is 2. The second kappa shape index (κ2) is 7.49. The van der Waals surface area contributed by atoms with Crippen molar-refractivity contribution in [3.63, 3.8) is 0 Å². The van der Waals surface area contributed by atoms with E-state index in [2.05, 4.69) is 15.4 Å². The van der Waals surface area contributed by atoms with Crippen LogP contribution >= 0.6 is 11.6 Å². The third kappa shape index (κ3) is 3.97. The average Bonchev–Trinajstić information content (AvgIpc) is 3.01. The van der Waals surface area contributed by atoms with Gasteiger partial charge in [-0.25, -0.2) is 13.9 Å². The standard InChI is InChI=1S/C17H15ClFN5O2/c18-13-6-10(1-2-14(13)19)5-11-7-22-16-12(8-23-24(16)9-11)17(26)21-4-3-15(20)25/h1-2,6-9H,3-5H2,(H2,20,25)(H,21,26). The average molecular weight is 376 g/mol. The lowest BCUT2D eigenvalue weighted by molar-refractivity contribution is -0.117. The van der Waals surface area contributed by atoms with Crippen molar-refractivity contribution in [3.05, 3.63) is 64.3 Å². The molecule has 0 spiro atoms. The summed E-state index contributed by atoms with van der Waals surface area (Å²) < 4.78 is 14.7. The first-order chi connectivity index (χ1) is 12.4. The molecule has 0 atom stereocenters. The van der Waals surface area contributed by atoms with E-state index in [-0.39, 0.29) is 23.9 Å². The summed E-state index contributed by atoms with van der Waals surface area (Å²) in [5.41, 5.74) is 7.38. The van der Waals surface area contributed by atoms with Crippen molar-refractivity contribution in [2.45, 2.75) is 12.8 Å². The van der Waals surface area contributed by atoms with Crippen LogP contribution in [0, 0.1) is 5.82 Å². The van der Waals surface area contributed by atoms with Crippen LogP contribution in [0.3, 0.4) is 0 Å². The highest BCUT2D eigenvalue weighted by Gasteiger charge is 2.14. The molecule has 26 heavy (non-hydrogen) atoms. The molecule has 134 valence electrons. The van der Waals surface area contributed by atoms with Crippen LogP contribution in [0.25, 0.3) is 5.65 Å². The maximum absolute atomic E-state index is 13.2. The fourth-order valence-corrected chi connectivity index (χ4v) is 2.65. The lowest BCUT2D eigenvalue weighted by atomic mass is 10.1. The molecule has 2 heterocycles. The van der Waals surface area contributed by atoms with Gasteiger partial charge in [0.1, 0.15) is 11.4 Å². The van der Waals surface area contributed by atoms with E-state index in [1.54, 1.807) is 24.5 Å². The van der Waals surface area contributed by atoms with Gasteiger partial charge in [0.15, 0.2) is 5.65 Å². The van der Waals surface area contributed by atoms with E-state index in [0.717, 1.165) is 11.1 Å². The predicted octanol–water partition coefficient (Wildman–Crippen LogP) is 1.72. The number of carbonyl (C=O) groups excluding carboxylic acids is 2.